The number of nitrogens with zero attached hydrogens (tertiary/aromatic N) is 3. The van der Waals surface area contributed by atoms with E-state index in [0.29, 0.717) is 18.2 Å². The maximum Gasteiger partial charge on any atom is 0.459 e. The van der Waals surface area contributed by atoms with E-state index in [1.54, 1.807) is 6.92 Å². The normalized spacial score (nSPS) is 13.5. The number of imidazole rings is 1. The predicted octanol–water partition coefficient (Wildman–Crippen LogP) is 4.47. The highest BCUT2D eigenvalue weighted by atomic mass is 19.4. The van der Waals surface area contributed by atoms with E-state index in [1.165, 1.54) is 10.6 Å². The van der Waals surface area contributed by atoms with E-state index in [2.05, 4.69) is 9.97 Å². The molecule has 0 aliphatic carbocycles. The molecular formula is C15H18F5N3O. The van der Waals surface area contributed by atoms with Gasteiger partial charge < -0.3 is 4.74 Å². The third-order valence-electron chi connectivity index (χ3n) is 3.30. The Hall–Kier alpha value is -1.93. The fourth-order valence-electron chi connectivity index (χ4n) is 1.92. The number of fused-ring (bicyclic) bond motifs is 1. The summed E-state index contributed by atoms with van der Waals surface area (Å²) < 4.78 is 71.8. The summed E-state index contributed by atoms with van der Waals surface area (Å²) in [5.74, 6) is -5.09. The van der Waals surface area contributed by atoms with Crippen LogP contribution in [0.3, 0.4) is 0 Å². The molecule has 0 saturated carbocycles. The Labute approximate surface area is 135 Å². The lowest BCUT2D eigenvalue weighted by molar-refractivity contribution is -0.291. The molecule has 0 spiro atoms. The van der Waals surface area contributed by atoms with Gasteiger partial charge in [-0.3, -0.25) is 4.40 Å². The number of alkyl halides is 5. The third kappa shape index (κ3) is 3.29. The van der Waals surface area contributed by atoms with E-state index in [-0.39, 0.29) is 18.3 Å². The van der Waals surface area contributed by atoms with Gasteiger partial charge in [0.1, 0.15) is 11.3 Å². The number of halogens is 5. The first kappa shape index (κ1) is 18.4. The van der Waals surface area contributed by atoms with Crippen LogP contribution in [0.15, 0.2) is 12.3 Å². The van der Waals surface area contributed by atoms with Gasteiger partial charge in [0.15, 0.2) is 0 Å². The fraction of sp³-hybridized carbons (Fsp3) is 0.600. The monoisotopic (exact) mass is 351 g/mol. The summed E-state index contributed by atoms with van der Waals surface area (Å²) in [4.78, 5) is 7.55. The Bertz CT molecular complexity index is 731. The van der Waals surface area contributed by atoms with Crippen molar-refractivity contribution >= 4 is 5.65 Å². The van der Waals surface area contributed by atoms with Crippen molar-refractivity contribution in [2.75, 3.05) is 6.61 Å². The van der Waals surface area contributed by atoms with Crippen molar-refractivity contribution in [3.63, 3.8) is 0 Å². The van der Waals surface area contributed by atoms with Crippen molar-refractivity contribution in [2.45, 2.75) is 51.6 Å². The van der Waals surface area contributed by atoms with Gasteiger partial charge in [-0.15, -0.1) is 0 Å². The smallest absolute Gasteiger partial charge is 0.459 e. The summed E-state index contributed by atoms with van der Waals surface area (Å²) in [5.41, 5.74) is -1.39. The predicted molar refractivity (Wildman–Crippen MR) is 77.4 cm³/mol. The zero-order valence-electron chi connectivity index (χ0n) is 13.7. The lowest BCUT2D eigenvalue weighted by Crippen LogP contribution is -2.34. The Morgan fingerprint density at radius 3 is 2.17 bits per heavy atom. The van der Waals surface area contributed by atoms with E-state index >= 15 is 0 Å². The van der Waals surface area contributed by atoms with Gasteiger partial charge in [0.25, 0.3) is 0 Å². The molecule has 0 aromatic carbocycles. The summed E-state index contributed by atoms with van der Waals surface area (Å²) in [6.45, 7) is 7.45. The molecule has 2 heterocycles. The van der Waals surface area contributed by atoms with E-state index in [1.807, 2.05) is 20.8 Å². The Balaban J connectivity index is 2.67. The van der Waals surface area contributed by atoms with Crippen LogP contribution in [-0.4, -0.2) is 27.2 Å². The molecule has 0 radical (unpaired) electrons. The van der Waals surface area contributed by atoms with Gasteiger partial charge in [-0.05, 0) is 6.42 Å². The van der Waals surface area contributed by atoms with Gasteiger partial charge in [0.2, 0.25) is 0 Å². The quantitative estimate of drug-likeness (QED) is 0.763. The summed E-state index contributed by atoms with van der Waals surface area (Å²) in [6.07, 6.45) is -3.67. The number of rotatable bonds is 4. The van der Waals surface area contributed by atoms with Gasteiger partial charge in [-0.1, -0.05) is 27.7 Å². The van der Waals surface area contributed by atoms with Crippen molar-refractivity contribution in [1.29, 1.82) is 0 Å². The molecule has 24 heavy (non-hydrogen) atoms. The van der Waals surface area contributed by atoms with Crippen LogP contribution in [0.25, 0.3) is 5.65 Å². The van der Waals surface area contributed by atoms with Crippen LogP contribution in [0.5, 0.6) is 6.01 Å². The van der Waals surface area contributed by atoms with Crippen molar-refractivity contribution in [1.82, 2.24) is 14.4 Å². The Morgan fingerprint density at radius 2 is 1.67 bits per heavy atom. The molecule has 0 aliphatic heterocycles. The standard InChI is InChI=1S/C15H18F5N3O/c1-5-6-24-12-22-9(14(16,17)15(18,19)20)7-11-21-10(8-23(11)12)13(2,3)4/h7-8H,5-6H2,1-4H3. The number of ether oxygens (including phenoxy) is 1. The first-order valence-electron chi connectivity index (χ1n) is 7.36. The largest absolute Gasteiger partial charge is 0.464 e. The van der Waals surface area contributed by atoms with Gasteiger partial charge in [0, 0.05) is 17.7 Å². The van der Waals surface area contributed by atoms with Crippen LogP contribution in [0.4, 0.5) is 22.0 Å². The Kier molecular flexibility index (Phi) is 4.49. The summed E-state index contributed by atoms with van der Waals surface area (Å²) in [5, 5.41) is 0. The second-order valence-corrected chi connectivity index (χ2v) is 6.45. The average molecular weight is 351 g/mol. The van der Waals surface area contributed by atoms with E-state index in [9.17, 15) is 22.0 Å². The maximum atomic E-state index is 13.7. The second-order valence-electron chi connectivity index (χ2n) is 6.45. The van der Waals surface area contributed by atoms with E-state index in [0.717, 1.165) is 0 Å². The summed E-state index contributed by atoms with van der Waals surface area (Å²) in [7, 11) is 0. The first-order valence-corrected chi connectivity index (χ1v) is 7.36. The molecule has 0 unspecified atom stereocenters. The van der Waals surface area contributed by atoms with Crippen LogP contribution in [0.2, 0.25) is 0 Å². The van der Waals surface area contributed by atoms with Gasteiger partial charge in [0.05, 0.1) is 12.3 Å². The van der Waals surface area contributed by atoms with Crippen LogP contribution < -0.4 is 4.74 Å². The number of hydrogen-bond acceptors (Lipinski definition) is 3. The molecule has 0 saturated heterocycles. The fourth-order valence-corrected chi connectivity index (χ4v) is 1.92. The molecule has 2 aromatic heterocycles. The maximum absolute atomic E-state index is 13.7. The highest BCUT2D eigenvalue weighted by molar-refractivity contribution is 5.45. The summed E-state index contributed by atoms with van der Waals surface area (Å²) in [6, 6.07) is 0.304. The lowest BCUT2D eigenvalue weighted by atomic mass is 9.93. The summed E-state index contributed by atoms with van der Waals surface area (Å²) >= 11 is 0. The topological polar surface area (TPSA) is 39.4 Å². The van der Waals surface area contributed by atoms with Gasteiger partial charge >= 0.3 is 18.1 Å². The lowest BCUT2D eigenvalue weighted by Gasteiger charge is -2.19. The highest BCUT2D eigenvalue weighted by Crippen LogP contribution is 2.43. The van der Waals surface area contributed by atoms with Gasteiger partial charge in [-0.2, -0.15) is 26.9 Å². The molecule has 9 heteroatoms. The molecule has 0 aliphatic rings. The minimum atomic E-state index is -5.75. The molecule has 2 rings (SSSR count). The molecular weight excluding hydrogens is 333 g/mol. The van der Waals surface area contributed by atoms with Gasteiger partial charge in [-0.25, -0.2) is 4.98 Å². The van der Waals surface area contributed by atoms with Crippen LogP contribution in [0, 0.1) is 0 Å². The molecule has 0 amide bonds. The average Bonchev–Trinajstić information content (AvgIpc) is 2.87. The molecule has 4 nitrogen and oxygen atoms in total. The molecule has 134 valence electrons. The molecule has 0 N–H and O–H groups in total. The number of aromatic nitrogens is 3. The molecule has 0 fully saturated rings. The second kappa shape index (κ2) is 5.86. The zero-order chi connectivity index (χ0) is 18.3. The van der Waals surface area contributed by atoms with E-state index < -0.39 is 23.2 Å². The van der Waals surface area contributed by atoms with E-state index in [4.69, 9.17) is 4.74 Å². The van der Waals surface area contributed by atoms with Crippen molar-refractivity contribution < 1.29 is 26.7 Å². The van der Waals surface area contributed by atoms with Crippen LogP contribution in [-0.2, 0) is 11.3 Å². The first-order chi connectivity index (χ1) is 10.9. The van der Waals surface area contributed by atoms with Crippen LogP contribution in [0.1, 0.15) is 45.5 Å². The van der Waals surface area contributed by atoms with Crippen LogP contribution >= 0.6 is 0 Å². The SMILES string of the molecule is CCCOc1nc(C(F)(F)C(F)(F)F)cc2nc(C(C)(C)C)cn12. The minimum Gasteiger partial charge on any atom is -0.464 e. The highest BCUT2D eigenvalue weighted by Gasteiger charge is 2.60. The number of hydrogen-bond donors (Lipinski definition) is 0. The third-order valence-corrected chi connectivity index (χ3v) is 3.30. The molecule has 0 atom stereocenters. The Morgan fingerprint density at radius 1 is 1.04 bits per heavy atom. The molecule has 0 bridgehead atoms. The molecule has 2 aromatic rings. The van der Waals surface area contributed by atoms with Crippen molar-refractivity contribution in [2.24, 2.45) is 0 Å². The van der Waals surface area contributed by atoms with Crippen molar-refractivity contribution in [3.8, 4) is 6.01 Å². The van der Waals surface area contributed by atoms with Crippen molar-refractivity contribution in [3.05, 3.63) is 23.7 Å². The minimum absolute atomic E-state index is 0.0695. The zero-order valence-corrected chi connectivity index (χ0v) is 13.7.